The van der Waals surface area contributed by atoms with Crippen molar-refractivity contribution in [1.29, 1.82) is 0 Å². The van der Waals surface area contributed by atoms with Crippen LogP contribution in [0.2, 0.25) is 0 Å². The lowest BCUT2D eigenvalue weighted by Crippen LogP contribution is -2.45. The third-order valence-corrected chi connectivity index (χ3v) is 5.22. The SMILES string of the molecule is COc1ccc(N(C)C(=O)C(C)NC(=O)c2ccc(Br)s2)cc1OC. The van der Waals surface area contributed by atoms with E-state index >= 15 is 0 Å². The van der Waals surface area contributed by atoms with E-state index in [-0.39, 0.29) is 11.8 Å². The van der Waals surface area contributed by atoms with Crippen LogP contribution in [0.15, 0.2) is 34.1 Å². The second-order valence-electron chi connectivity index (χ2n) is 5.24. The Morgan fingerprint density at radius 1 is 1.16 bits per heavy atom. The van der Waals surface area contributed by atoms with Crippen molar-refractivity contribution in [2.24, 2.45) is 0 Å². The minimum absolute atomic E-state index is 0.240. The Morgan fingerprint density at radius 3 is 2.40 bits per heavy atom. The number of ether oxygens (including phenoxy) is 2. The third-order valence-electron chi connectivity index (χ3n) is 3.60. The summed E-state index contributed by atoms with van der Waals surface area (Å²) in [5.74, 6) is 0.588. The number of thiophene rings is 1. The van der Waals surface area contributed by atoms with E-state index < -0.39 is 6.04 Å². The molecule has 8 heteroatoms. The minimum atomic E-state index is -0.675. The number of hydrogen-bond acceptors (Lipinski definition) is 5. The molecule has 0 bridgehead atoms. The molecule has 0 aliphatic carbocycles. The van der Waals surface area contributed by atoms with Crippen LogP contribution >= 0.6 is 27.3 Å². The summed E-state index contributed by atoms with van der Waals surface area (Å²) >= 11 is 4.63. The summed E-state index contributed by atoms with van der Waals surface area (Å²) in [6.45, 7) is 1.65. The number of nitrogens with one attached hydrogen (secondary N) is 1. The Labute approximate surface area is 158 Å². The molecule has 0 spiro atoms. The van der Waals surface area contributed by atoms with Gasteiger partial charge in [0.25, 0.3) is 5.91 Å². The molecule has 2 aromatic rings. The zero-order valence-corrected chi connectivity index (χ0v) is 16.7. The van der Waals surface area contributed by atoms with Crippen LogP contribution in [0.25, 0.3) is 0 Å². The van der Waals surface area contributed by atoms with Crippen LogP contribution in [-0.2, 0) is 4.79 Å². The second kappa shape index (κ2) is 8.35. The Bertz CT molecular complexity index is 778. The van der Waals surface area contributed by atoms with Gasteiger partial charge in [-0.15, -0.1) is 11.3 Å². The molecule has 1 N–H and O–H groups in total. The van der Waals surface area contributed by atoms with Crippen LogP contribution in [0.4, 0.5) is 5.69 Å². The molecule has 1 heterocycles. The van der Waals surface area contributed by atoms with Crippen LogP contribution in [0.1, 0.15) is 16.6 Å². The highest BCUT2D eigenvalue weighted by Crippen LogP contribution is 2.31. The number of amides is 2. The highest BCUT2D eigenvalue weighted by atomic mass is 79.9. The van der Waals surface area contributed by atoms with Crippen LogP contribution in [-0.4, -0.2) is 39.1 Å². The molecule has 1 aromatic heterocycles. The van der Waals surface area contributed by atoms with Crippen molar-refractivity contribution < 1.29 is 19.1 Å². The average Bonchev–Trinajstić information content (AvgIpc) is 3.06. The van der Waals surface area contributed by atoms with Crippen LogP contribution in [0, 0.1) is 0 Å². The number of rotatable bonds is 6. The van der Waals surface area contributed by atoms with E-state index in [0.29, 0.717) is 22.1 Å². The number of halogens is 1. The average molecular weight is 427 g/mol. The van der Waals surface area contributed by atoms with Crippen molar-refractivity contribution in [3.8, 4) is 11.5 Å². The number of methoxy groups -OCH3 is 2. The number of anilines is 1. The van der Waals surface area contributed by atoms with E-state index in [1.807, 2.05) is 0 Å². The lowest BCUT2D eigenvalue weighted by atomic mass is 10.2. The fourth-order valence-electron chi connectivity index (χ4n) is 2.22. The van der Waals surface area contributed by atoms with Crippen molar-refractivity contribution in [3.63, 3.8) is 0 Å². The summed E-state index contributed by atoms with van der Waals surface area (Å²) in [7, 11) is 4.73. The standard InChI is InChI=1S/C17H19BrN2O4S/c1-10(19-16(21)14-7-8-15(18)25-14)17(22)20(2)11-5-6-12(23-3)13(9-11)24-4/h5-10H,1-4H3,(H,19,21). The fourth-order valence-corrected chi connectivity index (χ4v) is 3.51. The van der Waals surface area contributed by atoms with Gasteiger partial charge in [0.1, 0.15) is 6.04 Å². The third kappa shape index (κ3) is 4.52. The minimum Gasteiger partial charge on any atom is -0.493 e. The van der Waals surface area contributed by atoms with Crippen LogP contribution in [0.5, 0.6) is 11.5 Å². The molecule has 0 fully saturated rings. The molecule has 0 aliphatic rings. The molecule has 0 radical (unpaired) electrons. The highest BCUT2D eigenvalue weighted by Gasteiger charge is 2.22. The summed E-state index contributed by atoms with van der Waals surface area (Å²) in [6.07, 6.45) is 0. The van der Waals surface area contributed by atoms with Gasteiger partial charge in [-0.25, -0.2) is 0 Å². The largest absolute Gasteiger partial charge is 0.493 e. The first kappa shape index (κ1) is 19.3. The zero-order valence-electron chi connectivity index (χ0n) is 14.3. The molecule has 25 heavy (non-hydrogen) atoms. The molecule has 6 nitrogen and oxygen atoms in total. The highest BCUT2D eigenvalue weighted by molar-refractivity contribution is 9.11. The molecule has 0 saturated heterocycles. The first-order valence-corrected chi connectivity index (χ1v) is 9.04. The summed E-state index contributed by atoms with van der Waals surface area (Å²) in [5.41, 5.74) is 0.641. The maximum absolute atomic E-state index is 12.6. The zero-order chi connectivity index (χ0) is 18.6. The van der Waals surface area contributed by atoms with Gasteiger partial charge in [-0.05, 0) is 47.1 Å². The van der Waals surface area contributed by atoms with Gasteiger partial charge in [-0.1, -0.05) is 0 Å². The van der Waals surface area contributed by atoms with E-state index in [1.165, 1.54) is 23.3 Å². The first-order chi connectivity index (χ1) is 11.9. The predicted octanol–water partition coefficient (Wildman–Crippen LogP) is 3.31. The van der Waals surface area contributed by atoms with E-state index in [0.717, 1.165) is 3.79 Å². The fraction of sp³-hybridized carbons (Fsp3) is 0.294. The molecule has 1 unspecified atom stereocenters. The van der Waals surface area contributed by atoms with E-state index in [1.54, 1.807) is 51.4 Å². The molecular weight excluding hydrogens is 408 g/mol. The number of nitrogens with zero attached hydrogens (tertiary/aromatic N) is 1. The molecule has 2 amide bonds. The van der Waals surface area contributed by atoms with Crippen molar-refractivity contribution in [2.45, 2.75) is 13.0 Å². The summed E-state index contributed by atoms with van der Waals surface area (Å²) in [4.78, 5) is 26.8. The number of benzene rings is 1. The van der Waals surface area contributed by atoms with Gasteiger partial charge >= 0.3 is 0 Å². The Morgan fingerprint density at radius 2 is 1.84 bits per heavy atom. The van der Waals surface area contributed by atoms with Gasteiger partial charge < -0.3 is 19.7 Å². The molecule has 134 valence electrons. The monoisotopic (exact) mass is 426 g/mol. The molecular formula is C17H19BrN2O4S. The summed E-state index contributed by atoms with van der Waals surface area (Å²) in [5, 5.41) is 2.71. The molecule has 0 saturated carbocycles. The van der Waals surface area contributed by atoms with Crippen molar-refractivity contribution in [2.75, 3.05) is 26.2 Å². The Balaban J connectivity index is 2.09. The van der Waals surface area contributed by atoms with Crippen LogP contribution < -0.4 is 19.7 Å². The van der Waals surface area contributed by atoms with E-state index in [9.17, 15) is 9.59 Å². The number of likely N-dealkylation sites (N-methyl/N-ethyl adjacent to an activating group) is 1. The molecule has 1 aromatic carbocycles. The van der Waals surface area contributed by atoms with Gasteiger partial charge in [0.15, 0.2) is 11.5 Å². The topological polar surface area (TPSA) is 67.9 Å². The second-order valence-corrected chi connectivity index (χ2v) is 7.70. The van der Waals surface area contributed by atoms with Crippen molar-refractivity contribution in [1.82, 2.24) is 5.32 Å². The lowest BCUT2D eigenvalue weighted by Gasteiger charge is -2.23. The van der Waals surface area contributed by atoms with E-state index in [4.69, 9.17) is 9.47 Å². The van der Waals surface area contributed by atoms with E-state index in [2.05, 4.69) is 21.2 Å². The van der Waals surface area contributed by atoms with Gasteiger partial charge in [-0.3, -0.25) is 9.59 Å². The van der Waals surface area contributed by atoms with Crippen molar-refractivity contribution in [3.05, 3.63) is 39.0 Å². The van der Waals surface area contributed by atoms with Crippen molar-refractivity contribution >= 4 is 44.8 Å². The van der Waals surface area contributed by atoms with Gasteiger partial charge in [0.2, 0.25) is 5.91 Å². The maximum Gasteiger partial charge on any atom is 0.262 e. The molecule has 1 atom stereocenters. The predicted molar refractivity (Wildman–Crippen MR) is 102 cm³/mol. The van der Waals surface area contributed by atoms with Crippen LogP contribution in [0.3, 0.4) is 0 Å². The molecule has 0 aliphatic heterocycles. The quantitative estimate of drug-likeness (QED) is 0.768. The first-order valence-electron chi connectivity index (χ1n) is 7.43. The van der Waals surface area contributed by atoms with Gasteiger partial charge in [0, 0.05) is 18.8 Å². The number of carbonyl (C=O) groups is 2. The summed E-state index contributed by atoms with van der Waals surface area (Å²) in [6, 6.07) is 8.02. The van der Waals surface area contributed by atoms with Gasteiger partial charge in [0.05, 0.1) is 22.9 Å². The van der Waals surface area contributed by atoms with Gasteiger partial charge in [-0.2, -0.15) is 0 Å². The number of hydrogen-bond donors (Lipinski definition) is 1. The number of carbonyl (C=O) groups excluding carboxylic acids is 2. The maximum atomic E-state index is 12.6. The normalized spacial score (nSPS) is 11.6. The summed E-state index contributed by atoms with van der Waals surface area (Å²) < 4.78 is 11.3. The smallest absolute Gasteiger partial charge is 0.262 e. The lowest BCUT2D eigenvalue weighted by molar-refractivity contribution is -0.119. The Kier molecular flexibility index (Phi) is 6.44. The molecule has 2 rings (SSSR count). The Hall–Kier alpha value is -2.06.